The maximum absolute atomic E-state index is 13.9. The van der Waals surface area contributed by atoms with Crippen molar-refractivity contribution < 1.29 is 13.6 Å². The summed E-state index contributed by atoms with van der Waals surface area (Å²) in [6.07, 6.45) is 0. The van der Waals surface area contributed by atoms with E-state index in [0.29, 0.717) is 18.8 Å². The topological polar surface area (TPSA) is 57.3 Å². The number of alkyl halides is 1. The first-order chi connectivity index (χ1) is 11.2. The number of aromatic nitrogens is 1. The van der Waals surface area contributed by atoms with Crippen LogP contribution in [0.25, 0.3) is 0 Å². The summed E-state index contributed by atoms with van der Waals surface area (Å²) in [5.74, 6) is -1.24. The maximum atomic E-state index is 13.9. The average Bonchev–Trinajstić information content (AvgIpc) is 2.63. The second-order valence-electron chi connectivity index (χ2n) is 4.19. The number of rotatable bonds is 4. The van der Waals surface area contributed by atoms with Gasteiger partial charge in [0.15, 0.2) is 0 Å². The molecule has 23 heavy (non-hydrogen) atoms. The molecule has 0 radical (unpaired) electrons. The van der Waals surface area contributed by atoms with Crippen molar-refractivity contribution in [2.24, 2.45) is 0 Å². The number of hydrogen-bond acceptors (Lipinski definition) is 4. The van der Waals surface area contributed by atoms with Crippen molar-refractivity contribution in [3.63, 3.8) is 0 Å². The first-order valence-electron chi connectivity index (χ1n) is 8.18. The van der Waals surface area contributed by atoms with Crippen molar-refractivity contribution in [3.8, 4) is 0 Å². The summed E-state index contributed by atoms with van der Waals surface area (Å²) < 4.78 is 25.8. The minimum atomic E-state index is -0.671. The molecule has 5 nitrogen and oxygen atoms in total. The minimum absolute atomic E-state index is 0.0372. The molecular weight excluding hydrogens is 302 g/mol. The van der Waals surface area contributed by atoms with Crippen LogP contribution in [-0.2, 0) is 0 Å². The summed E-state index contributed by atoms with van der Waals surface area (Å²) in [4.78, 5) is 17.0. The van der Waals surface area contributed by atoms with E-state index in [0.717, 1.165) is 13.1 Å². The van der Waals surface area contributed by atoms with Crippen molar-refractivity contribution in [2.45, 2.75) is 27.7 Å². The quantitative estimate of drug-likeness (QED) is 0.832. The number of anilines is 1. The highest BCUT2D eigenvalue weighted by Crippen LogP contribution is 2.18. The van der Waals surface area contributed by atoms with Gasteiger partial charge in [-0.25, -0.2) is 9.37 Å². The largest absolute Gasteiger partial charge is 0.365 e. The Bertz CT molecular complexity index is 452. The molecule has 1 fully saturated rings. The standard InChI is InChI=1S/C12H16F2N4O.2C2H6/c13-3-4-16-12(19)9-1-2-10(11(14)17-9)18-7-5-15-6-8-18;2*1-2/h1-2,15H,3-8H2,(H,16,19);2*1-2H3. The van der Waals surface area contributed by atoms with Gasteiger partial charge in [0.2, 0.25) is 5.95 Å². The van der Waals surface area contributed by atoms with Gasteiger partial charge in [-0.3, -0.25) is 4.79 Å². The summed E-state index contributed by atoms with van der Waals surface area (Å²) in [7, 11) is 0. The Morgan fingerprint density at radius 2 is 1.87 bits per heavy atom. The average molecular weight is 330 g/mol. The molecule has 132 valence electrons. The molecule has 7 heteroatoms. The molecule has 1 saturated heterocycles. The number of carbonyl (C=O) groups is 1. The van der Waals surface area contributed by atoms with Crippen LogP contribution in [0, 0.1) is 5.95 Å². The number of nitrogens with one attached hydrogen (secondary N) is 2. The minimum Gasteiger partial charge on any atom is -0.365 e. The molecule has 2 rings (SSSR count). The van der Waals surface area contributed by atoms with Gasteiger partial charge in [-0.05, 0) is 12.1 Å². The Balaban J connectivity index is 0.00000112. The highest BCUT2D eigenvalue weighted by Gasteiger charge is 2.17. The van der Waals surface area contributed by atoms with E-state index >= 15 is 0 Å². The van der Waals surface area contributed by atoms with E-state index in [1.54, 1.807) is 0 Å². The third-order valence-electron chi connectivity index (χ3n) is 2.90. The number of hydrogen-bond donors (Lipinski definition) is 2. The van der Waals surface area contributed by atoms with Crippen molar-refractivity contribution in [1.82, 2.24) is 15.6 Å². The summed E-state index contributed by atoms with van der Waals surface area (Å²) in [5, 5.41) is 5.48. The predicted molar refractivity (Wildman–Crippen MR) is 90.3 cm³/mol. The van der Waals surface area contributed by atoms with E-state index in [1.165, 1.54) is 12.1 Å². The van der Waals surface area contributed by atoms with Gasteiger partial charge in [0, 0.05) is 32.7 Å². The Kier molecular flexibility index (Phi) is 11.8. The van der Waals surface area contributed by atoms with Crippen molar-refractivity contribution in [1.29, 1.82) is 0 Å². The zero-order valence-corrected chi connectivity index (χ0v) is 14.5. The molecule has 0 aromatic carbocycles. The van der Waals surface area contributed by atoms with E-state index in [9.17, 15) is 13.6 Å². The summed E-state index contributed by atoms with van der Waals surface area (Å²) in [5.41, 5.74) is 0.355. The molecule has 0 bridgehead atoms. The molecule has 1 aliphatic rings. The second kappa shape index (κ2) is 12.8. The lowest BCUT2D eigenvalue weighted by molar-refractivity contribution is 0.0944. The van der Waals surface area contributed by atoms with E-state index < -0.39 is 18.5 Å². The van der Waals surface area contributed by atoms with Crippen LogP contribution in [-0.4, -0.2) is 50.3 Å². The molecule has 2 N–H and O–H groups in total. The first kappa shape index (κ1) is 21.2. The highest BCUT2D eigenvalue weighted by atomic mass is 19.1. The maximum Gasteiger partial charge on any atom is 0.270 e. The van der Waals surface area contributed by atoms with Crippen LogP contribution in [0.3, 0.4) is 0 Å². The van der Waals surface area contributed by atoms with Gasteiger partial charge in [-0.2, -0.15) is 4.39 Å². The smallest absolute Gasteiger partial charge is 0.270 e. The van der Waals surface area contributed by atoms with Crippen molar-refractivity contribution in [3.05, 3.63) is 23.8 Å². The van der Waals surface area contributed by atoms with E-state index in [1.807, 2.05) is 32.6 Å². The number of nitrogens with zero attached hydrogens (tertiary/aromatic N) is 2. The van der Waals surface area contributed by atoms with Gasteiger partial charge in [0.1, 0.15) is 12.4 Å². The Labute approximate surface area is 137 Å². The summed E-state index contributed by atoms with van der Waals surface area (Å²) in [6.45, 7) is 10.2. The zero-order chi connectivity index (χ0) is 17.7. The molecule has 1 aromatic heterocycles. The molecular formula is C16H28F2N4O. The van der Waals surface area contributed by atoms with E-state index in [4.69, 9.17) is 0 Å². The third kappa shape index (κ3) is 6.90. The number of piperazine rings is 1. The fourth-order valence-electron chi connectivity index (χ4n) is 1.95. The van der Waals surface area contributed by atoms with Crippen LogP contribution >= 0.6 is 0 Å². The second-order valence-corrected chi connectivity index (χ2v) is 4.19. The summed E-state index contributed by atoms with van der Waals surface area (Å²) in [6, 6.07) is 2.99. The fourth-order valence-corrected chi connectivity index (χ4v) is 1.95. The first-order valence-corrected chi connectivity index (χ1v) is 8.18. The Morgan fingerprint density at radius 1 is 1.26 bits per heavy atom. The van der Waals surface area contributed by atoms with Crippen molar-refractivity contribution in [2.75, 3.05) is 44.3 Å². The van der Waals surface area contributed by atoms with Gasteiger partial charge in [-0.1, -0.05) is 27.7 Å². The molecule has 1 aromatic rings. The molecule has 0 unspecified atom stereocenters. The third-order valence-corrected chi connectivity index (χ3v) is 2.90. The number of carbonyl (C=O) groups excluding carboxylic acids is 1. The van der Waals surface area contributed by atoms with Gasteiger partial charge < -0.3 is 15.5 Å². The molecule has 2 heterocycles. The fraction of sp³-hybridized carbons (Fsp3) is 0.625. The van der Waals surface area contributed by atoms with Gasteiger partial charge in [0.25, 0.3) is 5.91 Å². The van der Waals surface area contributed by atoms with Gasteiger partial charge in [0.05, 0.1) is 5.69 Å². The van der Waals surface area contributed by atoms with Crippen LogP contribution in [0.15, 0.2) is 12.1 Å². The lowest BCUT2D eigenvalue weighted by Gasteiger charge is -2.29. The van der Waals surface area contributed by atoms with Crippen LogP contribution in [0.4, 0.5) is 14.5 Å². The summed E-state index contributed by atoms with van der Waals surface area (Å²) >= 11 is 0. The Hall–Kier alpha value is -1.76. The number of pyridine rings is 1. The van der Waals surface area contributed by atoms with Crippen molar-refractivity contribution >= 4 is 11.6 Å². The monoisotopic (exact) mass is 330 g/mol. The van der Waals surface area contributed by atoms with Crippen LogP contribution in [0.5, 0.6) is 0 Å². The van der Waals surface area contributed by atoms with Crippen LogP contribution < -0.4 is 15.5 Å². The van der Waals surface area contributed by atoms with Crippen LogP contribution in [0.2, 0.25) is 0 Å². The normalized spacial score (nSPS) is 13.2. The number of amides is 1. The zero-order valence-electron chi connectivity index (χ0n) is 14.5. The van der Waals surface area contributed by atoms with E-state index in [-0.39, 0.29) is 12.2 Å². The molecule has 1 aliphatic heterocycles. The van der Waals surface area contributed by atoms with E-state index in [2.05, 4.69) is 15.6 Å². The molecule has 0 aliphatic carbocycles. The highest BCUT2D eigenvalue weighted by molar-refractivity contribution is 5.92. The molecule has 1 amide bonds. The lowest BCUT2D eigenvalue weighted by atomic mass is 10.2. The van der Waals surface area contributed by atoms with Gasteiger partial charge >= 0.3 is 0 Å². The predicted octanol–water partition coefficient (Wildman–Crippen LogP) is 2.38. The molecule has 0 spiro atoms. The molecule has 0 atom stereocenters. The Morgan fingerprint density at radius 3 is 2.39 bits per heavy atom. The lowest BCUT2D eigenvalue weighted by Crippen LogP contribution is -2.44. The SMILES string of the molecule is CC.CC.O=C(NCCF)c1ccc(N2CCNCC2)c(F)n1. The number of halogens is 2. The van der Waals surface area contributed by atoms with Gasteiger partial charge in [-0.15, -0.1) is 0 Å². The molecule has 0 saturated carbocycles. The van der Waals surface area contributed by atoms with Crippen LogP contribution in [0.1, 0.15) is 38.2 Å².